The van der Waals surface area contributed by atoms with Gasteiger partial charge in [-0.2, -0.15) is 0 Å². The molecule has 0 radical (unpaired) electrons. The van der Waals surface area contributed by atoms with E-state index in [4.69, 9.17) is 14.6 Å². The van der Waals surface area contributed by atoms with Crippen molar-refractivity contribution in [1.82, 2.24) is 4.90 Å². The van der Waals surface area contributed by atoms with Gasteiger partial charge in [0.2, 0.25) is 0 Å². The highest BCUT2D eigenvalue weighted by Crippen LogP contribution is 2.38. The van der Waals surface area contributed by atoms with E-state index < -0.39 is 5.97 Å². The number of likely N-dealkylation sites (N-methyl/N-ethyl adjacent to an activating group) is 1. The fraction of sp³-hybridized carbons (Fsp3) is 0.148. The van der Waals surface area contributed by atoms with Crippen LogP contribution in [0.2, 0.25) is 0 Å². The van der Waals surface area contributed by atoms with E-state index in [2.05, 4.69) is 20.9 Å². The number of carbonyl (C=O) groups excluding carboxylic acids is 1. The zero-order chi connectivity index (χ0) is 25.7. The van der Waals surface area contributed by atoms with Gasteiger partial charge in [0, 0.05) is 11.5 Å². The second-order valence-electron chi connectivity index (χ2n) is 7.75. The van der Waals surface area contributed by atoms with Gasteiger partial charge in [0.05, 0.1) is 22.8 Å². The highest BCUT2D eigenvalue weighted by Gasteiger charge is 2.30. The molecule has 184 valence electrons. The molecule has 1 aliphatic heterocycles. The van der Waals surface area contributed by atoms with Crippen LogP contribution in [-0.4, -0.2) is 40.7 Å². The Labute approximate surface area is 221 Å². The molecule has 1 N–H and O–H groups in total. The molecule has 0 aromatic heterocycles. The second-order valence-corrected chi connectivity index (χ2v) is 9.61. The van der Waals surface area contributed by atoms with Gasteiger partial charge in [0.15, 0.2) is 16.7 Å². The van der Waals surface area contributed by atoms with E-state index in [1.165, 1.54) is 28.8 Å². The van der Waals surface area contributed by atoms with Crippen LogP contribution >= 0.6 is 27.7 Å². The first-order valence-corrected chi connectivity index (χ1v) is 12.7. The van der Waals surface area contributed by atoms with Gasteiger partial charge in [0.1, 0.15) is 6.61 Å². The summed E-state index contributed by atoms with van der Waals surface area (Å²) in [6.07, 6.45) is 1.78. The predicted octanol–water partition coefficient (Wildman–Crippen LogP) is 6.36. The third kappa shape index (κ3) is 5.98. The van der Waals surface area contributed by atoms with Gasteiger partial charge in [-0.15, -0.1) is 0 Å². The molecule has 1 aliphatic rings. The minimum atomic E-state index is -1.00. The van der Waals surface area contributed by atoms with Crippen LogP contribution in [-0.2, 0) is 11.4 Å². The van der Waals surface area contributed by atoms with Gasteiger partial charge in [-0.1, -0.05) is 46.3 Å². The van der Waals surface area contributed by atoms with Crippen molar-refractivity contribution in [3.8, 4) is 11.5 Å². The van der Waals surface area contributed by atoms with Crippen LogP contribution in [0.25, 0.3) is 6.08 Å². The number of halogens is 1. The number of hydrogen-bond acceptors (Lipinski definition) is 6. The van der Waals surface area contributed by atoms with Crippen molar-refractivity contribution in [1.29, 1.82) is 0 Å². The predicted molar refractivity (Wildman–Crippen MR) is 145 cm³/mol. The molecule has 0 aliphatic carbocycles. The SMILES string of the molecule is CCOc1cc(/C=C2\SC(=Nc3ccc(C(=O)O)cc3)N(C)C2=O)c(Br)cc1OCc1ccccc1. The van der Waals surface area contributed by atoms with Gasteiger partial charge < -0.3 is 14.6 Å². The molecular weight excluding hydrogens is 544 g/mol. The fourth-order valence-corrected chi connectivity index (χ4v) is 4.77. The first-order valence-electron chi connectivity index (χ1n) is 11.1. The number of ether oxygens (including phenoxy) is 2. The minimum Gasteiger partial charge on any atom is -0.490 e. The molecule has 9 heteroatoms. The third-order valence-corrected chi connectivity index (χ3v) is 6.98. The molecule has 1 amide bonds. The zero-order valence-electron chi connectivity index (χ0n) is 19.6. The van der Waals surface area contributed by atoms with Crippen molar-refractivity contribution < 1.29 is 24.2 Å². The molecule has 7 nitrogen and oxygen atoms in total. The van der Waals surface area contributed by atoms with Crippen LogP contribution in [0.5, 0.6) is 11.5 Å². The van der Waals surface area contributed by atoms with Crippen LogP contribution in [0.15, 0.2) is 81.1 Å². The quantitative estimate of drug-likeness (QED) is 0.319. The van der Waals surface area contributed by atoms with E-state index in [-0.39, 0.29) is 11.5 Å². The summed E-state index contributed by atoms with van der Waals surface area (Å²) in [6.45, 7) is 2.77. The third-order valence-electron chi connectivity index (χ3n) is 5.23. The largest absolute Gasteiger partial charge is 0.490 e. The van der Waals surface area contributed by atoms with Crippen molar-refractivity contribution in [3.63, 3.8) is 0 Å². The Morgan fingerprint density at radius 1 is 1.08 bits per heavy atom. The summed E-state index contributed by atoms with van der Waals surface area (Å²) in [4.78, 5) is 30.5. The Kier molecular flexibility index (Phi) is 8.12. The molecule has 0 unspecified atom stereocenters. The number of carboxylic acids is 1. The summed E-state index contributed by atoms with van der Waals surface area (Å²) in [7, 11) is 1.65. The number of benzene rings is 3. The number of aromatic carboxylic acids is 1. The van der Waals surface area contributed by atoms with E-state index in [0.717, 1.165) is 15.6 Å². The van der Waals surface area contributed by atoms with Crippen LogP contribution in [0.4, 0.5) is 5.69 Å². The summed E-state index contributed by atoms with van der Waals surface area (Å²) >= 11 is 4.84. The lowest BCUT2D eigenvalue weighted by Gasteiger charge is -2.14. The maximum Gasteiger partial charge on any atom is 0.335 e. The van der Waals surface area contributed by atoms with Crippen LogP contribution < -0.4 is 9.47 Å². The number of carbonyl (C=O) groups is 2. The van der Waals surface area contributed by atoms with Crippen molar-refractivity contribution >= 4 is 56.5 Å². The molecular formula is C27H23BrN2O5S. The minimum absolute atomic E-state index is 0.175. The normalized spacial score (nSPS) is 15.5. The van der Waals surface area contributed by atoms with Crippen molar-refractivity contribution in [2.75, 3.05) is 13.7 Å². The van der Waals surface area contributed by atoms with Gasteiger partial charge in [-0.05, 0) is 72.3 Å². The van der Waals surface area contributed by atoms with Gasteiger partial charge in [-0.25, -0.2) is 9.79 Å². The molecule has 1 saturated heterocycles. The first kappa shape index (κ1) is 25.5. The monoisotopic (exact) mass is 566 g/mol. The molecule has 3 aromatic rings. The Balaban J connectivity index is 1.58. The average molecular weight is 567 g/mol. The maximum absolute atomic E-state index is 12.9. The van der Waals surface area contributed by atoms with Gasteiger partial charge in [0.25, 0.3) is 5.91 Å². The Hall–Kier alpha value is -3.56. The molecule has 1 fully saturated rings. The smallest absolute Gasteiger partial charge is 0.335 e. The van der Waals surface area contributed by atoms with E-state index in [9.17, 15) is 9.59 Å². The number of thioether (sulfide) groups is 1. The van der Waals surface area contributed by atoms with E-state index in [0.29, 0.717) is 40.5 Å². The Morgan fingerprint density at radius 3 is 2.44 bits per heavy atom. The highest BCUT2D eigenvalue weighted by atomic mass is 79.9. The number of amides is 1. The molecule has 3 aromatic carbocycles. The van der Waals surface area contributed by atoms with Crippen LogP contribution in [0, 0.1) is 0 Å². The molecule has 4 rings (SSSR count). The van der Waals surface area contributed by atoms with Gasteiger partial charge in [-0.3, -0.25) is 9.69 Å². The Morgan fingerprint density at radius 2 is 1.78 bits per heavy atom. The number of amidine groups is 1. The van der Waals surface area contributed by atoms with Crippen LogP contribution in [0.1, 0.15) is 28.4 Å². The number of rotatable bonds is 8. The summed E-state index contributed by atoms with van der Waals surface area (Å²) < 4.78 is 12.6. The molecule has 1 heterocycles. The lowest BCUT2D eigenvalue weighted by atomic mass is 10.1. The molecule has 0 atom stereocenters. The average Bonchev–Trinajstić information content (AvgIpc) is 3.13. The lowest BCUT2D eigenvalue weighted by Crippen LogP contribution is -2.23. The molecule has 36 heavy (non-hydrogen) atoms. The Bertz CT molecular complexity index is 1340. The number of carboxylic acid groups (broad SMARTS) is 1. The summed E-state index contributed by atoms with van der Waals surface area (Å²) in [5.41, 5.74) is 2.54. The molecule has 0 saturated carbocycles. The first-order chi connectivity index (χ1) is 17.4. The number of aliphatic imine (C=N–C) groups is 1. The lowest BCUT2D eigenvalue weighted by molar-refractivity contribution is -0.121. The number of nitrogens with zero attached hydrogens (tertiary/aromatic N) is 2. The topological polar surface area (TPSA) is 88.4 Å². The zero-order valence-corrected chi connectivity index (χ0v) is 22.0. The van der Waals surface area contributed by atoms with Gasteiger partial charge >= 0.3 is 5.97 Å². The standard InChI is InChI=1S/C27H23BrN2O5S/c1-3-34-22-13-19(21(28)15-23(22)35-16-17-7-5-4-6-8-17)14-24-25(31)30(2)27(36-24)29-20-11-9-18(10-12-20)26(32)33/h4-15H,3,16H2,1-2H3,(H,32,33)/b24-14-,29-27?. The second kappa shape index (κ2) is 11.5. The number of hydrogen-bond donors (Lipinski definition) is 1. The van der Waals surface area contributed by atoms with E-state index in [1.807, 2.05) is 49.4 Å². The molecule has 0 bridgehead atoms. The van der Waals surface area contributed by atoms with Crippen molar-refractivity contribution in [2.24, 2.45) is 4.99 Å². The van der Waals surface area contributed by atoms with E-state index in [1.54, 1.807) is 25.3 Å². The molecule has 0 spiro atoms. The highest BCUT2D eigenvalue weighted by molar-refractivity contribution is 9.10. The van der Waals surface area contributed by atoms with E-state index >= 15 is 0 Å². The van der Waals surface area contributed by atoms with Crippen molar-refractivity contribution in [3.05, 3.63) is 92.8 Å². The fourth-order valence-electron chi connectivity index (χ4n) is 3.36. The summed E-state index contributed by atoms with van der Waals surface area (Å²) in [6, 6.07) is 19.7. The maximum atomic E-state index is 12.9. The summed E-state index contributed by atoms with van der Waals surface area (Å²) in [5.74, 6) is -0.00499. The van der Waals surface area contributed by atoms with Crippen molar-refractivity contribution in [2.45, 2.75) is 13.5 Å². The summed E-state index contributed by atoms with van der Waals surface area (Å²) in [5, 5.41) is 9.56. The van der Waals surface area contributed by atoms with Crippen LogP contribution in [0.3, 0.4) is 0 Å².